The number of rotatable bonds is 5. The molecule has 0 saturated carbocycles. The number of ether oxygens (including phenoxy) is 2. The number of imide groups is 1. The molecule has 1 fully saturated rings. The lowest BCUT2D eigenvalue weighted by Gasteiger charge is -2.21. The maximum absolute atomic E-state index is 13.1. The first-order valence-corrected chi connectivity index (χ1v) is 9.18. The summed E-state index contributed by atoms with van der Waals surface area (Å²) in [7, 11) is 2.88. The van der Waals surface area contributed by atoms with Crippen molar-refractivity contribution in [3.63, 3.8) is 0 Å². The second-order valence-electron chi connectivity index (χ2n) is 6.94. The van der Waals surface area contributed by atoms with Gasteiger partial charge in [-0.2, -0.15) is 18.3 Å². The predicted molar refractivity (Wildman–Crippen MR) is 101 cm³/mol. The molecule has 0 radical (unpaired) electrons. The number of hydrogen-bond donors (Lipinski definition) is 0. The summed E-state index contributed by atoms with van der Waals surface area (Å²) in [5, 5.41) is 8.99. The van der Waals surface area contributed by atoms with Gasteiger partial charge in [-0.25, -0.2) is 4.90 Å². The summed E-state index contributed by atoms with van der Waals surface area (Å²) in [6, 6.07) is 7.20. The van der Waals surface area contributed by atoms with Crippen molar-refractivity contribution in [3.8, 4) is 11.5 Å². The minimum Gasteiger partial charge on any atom is -0.493 e. The van der Waals surface area contributed by atoms with Crippen molar-refractivity contribution in [2.75, 3.05) is 19.1 Å². The number of halogens is 3. The fraction of sp³-hybridized carbons (Fsp3) is 0.300. The van der Waals surface area contributed by atoms with Gasteiger partial charge in [-0.3, -0.25) is 14.6 Å². The van der Waals surface area contributed by atoms with Crippen LogP contribution in [-0.2, 0) is 22.3 Å². The van der Waals surface area contributed by atoms with Crippen LogP contribution in [0.15, 0.2) is 52.8 Å². The van der Waals surface area contributed by atoms with E-state index in [4.69, 9.17) is 9.47 Å². The standard InChI is InChI=1S/C20H17F3N4O4/c1-30-14-7-6-13(9-15(14)31-2)27-18(28)16-17(19(27)29)26(25-24-16)10-11-4-3-5-12(8-11)20(21,22)23/h3-9,16-17H,10H2,1-2H3/t16-,17-/m0/s1. The number of anilines is 1. The van der Waals surface area contributed by atoms with Crippen LogP contribution in [0.2, 0.25) is 0 Å². The highest BCUT2D eigenvalue weighted by Crippen LogP contribution is 2.37. The van der Waals surface area contributed by atoms with Crippen LogP contribution >= 0.6 is 0 Å². The van der Waals surface area contributed by atoms with Gasteiger partial charge in [0.25, 0.3) is 11.8 Å². The highest BCUT2D eigenvalue weighted by Gasteiger charge is 2.54. The van der Waals surface area contributed by atoms with E-state index in [2.05, 4.69) is 10.3 Å². The molecule has 2 aromatic carbocycles. The molecule has 0 spiro atoms. The molecule has 2 amide bonds. The molecule has 162 valence electrons. The number of alkyl halides is 3. The van der Waals surface area contributed by atoms with Crippen LogP contribution in [0.4, 0.5) is 18.9 Å². The van der Waals surface area contributed by atoms with Crippen molar-refractivity contribution in [2.45, 2.75) is 24.8 Å². The van der Waals surface area contributed by atoms with E-state index in [-0.39, 0.29) is 12.2 Å². The van der Waals surface area contributed by atoms with Crippen LogP contribution in [0, 0.1) is 0 Å². The zero-order chi connectivity index (χ0) is 22.3. The third-order valence-corrected chi connectivity index (χ3v) is 5.08. The second kappa shape index (κ2) is 7.56. The Kier molecular flexibility index (Phi) is 5.03. The van der Waals surface area contributed by atoms with E-state index in [9.17, 15) is 22.8 Å². The van der Waals surface area contributed by atoms with Gasteiger partial charge >= 0.3 is 6.18 Å². The van der Waals surface area contributed by atoms with Crippen molar-refractivity contribution < 1.29 is 32.2 Å². The zero-order valence-corrected chi connectivity index (χ0v) is 16.5. The van der Waals surface area contributed by atoms with Gasteiger partial charge < -0.3 is 9.47 Å². The Balaban J connectivity index is 1.59. The number of hydrogen-bond acceptors (Lipinski definition) is 7. The Morgan fingerprint density at radius 1 is 1.00 bits per heavy atom. The molecule has 0 N–H and O–H groups in total. The van der Waals surface area contributed by atoms with Gasteiger partial charge in [0.05, 0.1) is 32.0 Å². The first kappa shape index (κ1) is 20.6. The number of benzene rings is 2. The fourth-order valence-electron chi connectivity index (χ4n) is 3.61. The molecule has 31 heavy (non-hydrogen) atoms. The maximum Gasteiger partial charge on any atom is 0.416 e. The predicted octanol–water partition coefficient (Wildman–Crippen LogP) is 3.22. The third-order valence-electron chi connectivity index (χ3n) is 5.08. The molecule has 2 atom stereocenters. The van der Waals surface area contributed by atoms with Gasteiger partial charge in [0.2, 0.25) is 0 Å². The van der Waals surface area contributed by atoms with Crippen LogP contribution in [0.1, 0.15) is 11.1 Å². The van der Waals surface area contributed by atoms with E-state index in [0.29, 0.717) is 17.1 Å². The number of amides is 2. The SMILES string of the molecule is COc1ccc(N2C(=O)[C@H]3N=NN(Cc4cccc(C(F)(F)F)c4)[C@@H]3C2=O)cc1OC. The molecule has 0 aromatic heterocycles. The first-order valence-electron chi connectivity index (χ1n) is 9.18. The maximum atomic E-state index is 13.1. The Labute approximate surface area is 174 Å². The lowest BCUT2D eigenvalue weighted by molar-refractivity contribution is -0.137. The summed E-state index contributed by atoms with van der Waals surface area (Å²) in [5.41, 5.74) is -0.242. The Morgan fingerprint density at radius 2 is 1.74 bits per heavy atom. The Morgan fingerprint density at radius 3 is 2.42 bits per heavy atom. The van der Waals surface area contributed by atoms with E-state index in [0.717, 1.165) is 17.0 Å². The molecule has 2 heterocycles. The molecule has 11 heteroatoms. The molecule has 2 aromatic rings. The van der Waals surface area contributed by atoms with Crippen molar-refractivity contribution in [1.29, 1.82) is 0 Å². The molecule has 0 bridgehead atoms. The monoisotopic (exact) mass is 434 g/mol. The second-order valence-corrected chi connectivity index (χ2v) is 6.94. The summed E-state index contributed by atoms with van der Waals surface area (Å²) < 4.78 is 49.3. The number of fused-ring (bicyclic) bond motifs is 1. The average Bonchev–Trinajstić information content (AvgIpc) is 3.26. The summed E-state index contributed by atoms with van der Waals surface area (Å²) in [5.74, 6) is -0.381. The summed E-state index contributed by atoms with van der Waals surface area (Å²) in [6.45, 7) is -0.104. The van der Waals surface area contributed by atoms with Crippen molar-refractivity contribution in [1.82, 2.24) is 5.01 Å². The van der Waals surface area contributed by atoms with E-state index in [1.165, 1.54) is 43.5 Å². The highest BCUT2D eigenvalue weighted by molar-refractivity contribution is 6.25. The molecule has 1 saturated heterocycles. The molecule has 0 unspecified atom stereocenters. The van der Waals surface area contributed by atoms with Gasteiger partial charge in [-0.15, -0.1) is 0 Å². The lowest BCUT2D eigenvalue weighted by Crippen LogP contribution is -2.39. The van der Waals surface area contributed by atoms with Crippen LogP contribution in [0.3, 0.4) is 0 Å². The Bertz CT molecular complexity index is 1070. The lowest BCUT2D eigenvalue weighted by atomic mass is 10.1. The van der Waals surface area contributed by atoms with E-state index in [1.807, 2.05) is 0 Å². The van der Waals surface area contributed by atoms with Gasteiger partial charge in [0.15, 0.2) is 23.6 Å². The minimum atomic E-state index is -4.49. The topological polar surface area (TPSA) is 83.8 Å². The number of methoxy groups -OCH3 is 2. The van der Waals surface area contributed by atoms with Gasteiger partial charge in [-0.05, 0) is 29.8 Å². The van der Waals surface area contributed by atoms with Crippen LogP contribution in [0.25, 0.3) is 0 Å². The first-order chi connectivity index (χ1) is 14.7. The Hall–Kier alpha value is -3.63. The summed E-state index contributed by atoms with van der Waals surface area (Å²) in [4.78, 5) is 26.9. The molecular formula is C20H17F3N4O4. The quantitative estimate of drug-likeness (QED) is 0.675. The number of carbonyl (C=O) groups excluding carboxylic acids is 2. The number of nitrogens with zero attached hydrogens (tertiary/aromatic N) is 4. The summed E-state index contributed by atoms with van der Waals surface area (Å²) in [6.07, 6.45) is -4.49. The normalized spacial score (nSPS) is 20.4. The van der Waals surface area contributed by atoms with Crippen molar-refractivity contribution in [3.05, 3.63) is 53.6 Å². The third kappa shape index (κ3) is 3.56. The van der Waals surface area contributed by atoms with E-state index >= 15 is 0 Å². The summed E-state index contributed by atoms with van der Waals surface area (Å²) >= 11 is 0. The largest absolute Gasteiger partial charge is 0.493 e. The van der Waals surface area contributed by atoms with E-state index in [1.54, 1.807) is 6.07 Å². The molecule has 0 aliphatic carbocycles. The molecule has 8 nitrogen and oxygen atoms in total. The van der Waals surface area contributed by atoms with Crippen LogP contribution in [-0.4, -0.2) is 43.1 Å². The van der Waals surface area contributed by atoms with Crippen molar-refractivity contribution in [2.24, 2.45) is 10.3 Å². The van der Waals surface area contributed by atoms with Gasteiger partial charge in [0, 0.05) is 6.07 Å². The zero-order valence-electron chi connectivity index (χ0n) is 16.5. The van der Waals surface area contributed by atoms with Gasteiger partial charge in [-0.1, -0.05) is 17.4 Å². The molecular weight excluding hydrogens is 417 g/mol. The minimum absolute atomic E-state index is 0.104. The highest BCUT2D eigenvalue weighted by atomic mass is 19.4. The van der Waals surface area contributed by atoms with Gasteiger partial charge in [0.1, 0.15) is 0 Å². The smallest absolute Gasteiger partial charge is 0.416 e. The van der Waals surface area contributed by atoms with Crippen molar-refractivity contribution >= 4 is 17.5 Å². The van der Waals surface area contributed by atoms with Crippen LogP contribution in [0.5, 0.6) is 11.5 Å². The average molecular weight is 434 g/mol. The van der Waals surface area contributed by atoms with E-state index < -0.39 is 35.6 Å². The molecule has 2 aliphatic rings. The molecule has 4 rings (SSSR count). The van der Waals surface area contributed by atoms with Crippen LogP contribution < -0.4 is 14.4 Å². The molecule has 2 aliphatic heterocycles. The number of carbonyl (C=O) groups is 2. The fourth-order valence-corrected chi connectivity index (χ4v) is 3.61.